The molecule has 3 rings (SSSR count). The van der Waals surface area contributed by atoms with Crippen LogP contribution in [-0.4, -0.2) is 30.5 Å². The third-order valence-corrected chi connectivity index (χ3v) is 5.79. The summed E-state index contributed by atoms with van der Waals surface area (Å²) < 4.78 is 1.11. The lowest BCUT2D eigenvalue weighted by atomic mass is 10.1. The van der Waals surface area contributed by atoms with Gasteiger partial charge in [0.05, 0.1) is 30.2 Å². The quantitative estimate of drug-likeness (QED) is 0.497. The van der Waals surface area contributed by atoms with E-state index in [1.807, 2.05) is 18.2 Å². The first-order valence-electron chi connectivity index (χ1n) is 9.30. The normalized spacial score (nSPS) is 16.4. The van der Waals surface area contributed by atoms with Gasteiger partial charge in [-0.15, -0.1) is 0 Å². The summed E-state index contributed by atoms with van der Waals surface area (Å²) in [6.07, 6.45) is 7.20. The summed E-state index contributed by atoms with van der Waals surface area (Å²) in [6.45, 7) is 3.54. The number of nitrogens with one attached hydrogen (secondary N) is 1. The largest absolute Gasteiger partial charge is 0.323 e. The summed E-state index contributed by atoms with van der Waals surface area (Å²) in [4.78, 5) is 12.1. The molecule has 0 aromatic heterocycles. The lowest BCUT2D eigenvalue weighted by Gasteiger charge is -2.37. The summed E-state index contributed by atoms with van der Waals surface area (Å²) in [5.41, 5.74) is 2.93. The zero-order chi connectivity index (χ0) is 19.3. The molecule has 0 radical (unpaired) electrons. The van der Waals surface area contributed by atoms with E-state index >= 15 is 0 Å². The van der Waals surface area contributed by atoms with Gasteiger partial charge in [-0.1, -0.05) is 41.4 Å². The maximum absolute atomic E-state index is 12.1. The highest BCUT2D eigenvalue weighted by atomic mass is 35.5. The van der Waals surface area contributed by atoms with Crippen molar-refractivity contribution in [2.45, 2.75) is 25.8 Å². The van der Waals surface area contributed by atoms with Crippen molar-refractivity contribution in [3.8, 4) is 0 Å². The second kappa shape index (κ2) is 8.92. The minimum Gasteiger partial charge on any atom is -0.323 e. The van der Waals surface area contributed by atoms with Gasteiger partial charge in [-0.25, -0.2) is 0 Å². The Morgan fingerprint density at radius 1 is 1.04 bits per heavy atom. The summed E-state index contributed by atoms with van der Waals surface area (Å²) in [5, 5.41) is 3.86. The van der Waals surface area contributed by atoms with Gasteiger partial charge in [0.15, 0.2) is 0 Å². The number of hydrogen-bond acceptors (Lipinski definition) is 1. The Morgan fingerprint density at radius 2 is 1.74 bits per heavy atom. The molecule has 1 aliphatic rings. The van der Waals surface area contributed by atoms with Crippen molar-refractivity contribution in [2.75, 3.05) is 25.5 Å². The van der Waals surface area contributed by atoms with E-state index < -0.39 is 0 Å². The first-order valence-corrected chi connectivity index (χ1v) is 10.1. The van der Waals surface area contributed by atoms with Crippen LogP contribution in [0.2, 0.25) is 10.0 Å². The van der Waals surface area contributed by atoms with Gasteiger partial charge in [-0.05, 0) is 55.2 Å². The number of rotatable bonds is 5. The zero-order valence-electron chi connectivity index (χ0n) is 15.6. The molecule has 1 N–H and O–H groups in total. The van der Waals surface area contributed by atoms with Crippen molar-refractivity contribution in [3.63, 3.8) is 0 Å². The molecule has 1 fully saturated rings. The van der Waals surface area contributed by atoms with Crippen LogP contribution in [0.3, 0.4) is 0 Å². The number of benzene rings is 2. The number of halogens is 2. The third kappa shape index (κ3) is 5.83. The van der Waals surface area contributed by atoms with E-state index in [0.29, 0.717) is 10.0 Å². The Hall–Kier alpha value is -1.81. The van der Waals surface area contributed by atoms with Crippen LogP contribution < -0.4 is 5.32 Å². The van der Waals surface area contributed by atoms with Crippen molar-refractivity contribution in [3.05, 3.63) is 69.7 Å². The van der Waals surface area contributed by atoms with E-state index in [0.717, 1.165) is 22.3 Å². The van der Waals surface area contributed by atoms with Gasteiger partial charge in [-0.2, -0.15) is 0 Å². The van der Waals surface area contributed by atoms with E-state index in [1.165, 1.54) is 44.0 Å². The van der Waals surface area contributed by atoms with E-state index in [9.17, 15) is 4.79 Å². The molecule has 0 spiro atoms. The Balaban J connectivity index is 1.56. The summed E-state index contributed by atoms with van der Waals surface area (Å²) in [5.74, 6) is -0.177. The average Bonchev–Trinajstić information content (AvgIpc) is 2.65. The predicted molar refractivity (Wildman–Crippen MR) is 114 cm³/mol. The zero-order valence-corrected chi connectivity index (χ0v) is 17.1. The number of piperidine rings is 1. The van der Waals surface area contributed by atoms with Crippen LogP contribution in [0, 0.1) is 0 Å². The summed E-state index contributed by atoms with van der Waals surface area (Å²) >= 11 is 11.9. The van der Waals surface area contributed by atoms with Gasteiger partial charge in [0.25, 0.3) is 0 Å². The van der Waals surface area contributed by atoms with Gasteiger partial charge in [0, 0.05) is 17.3 Å². The highest BCUT2D eigenvalue weighted by Gasteiger charge is 2.24. The Kier molecular flexibility index (Phi) is 6.59. The molecular weight excluding hydrogens is 379 g/mol. The Labute approximate surface area is 171 Å². The highest BCUT2D eigenvalue weighted by Crippen LogP contribution is 2.23. The summed E-state index contributed by atoms with van der Waals surface area (Å²) in [6, 6.07) is 13.4. The molecule has 2 aromatic rings. The maximum Gasteiger partial charge on any atom is 0.248 e. The summed E-state index contributed by atoms with van der Waals surface area (Å²) in [7, 11) is 2.34. The number of amides is 1. The minimum absolute atomic E-state index is 0.177. The number of quaternary nitrogens is 1. The van der Waals surface area contributed by atoms with Crippen LogP contribution in [0.1, 0.15) is 30.4 Å². The number of carbonyl (C=O) groups is 1. The molecule has 1 amide bonds. The van der Waals surface area contributed by atoms with E-state index in [-0.39, 0.29) is 5.91 Å². The molecule has 1 heterocycles. The monoisotopic (exact) mass is 403 g/mol. The van der Waals surface area contributed by atoms with Crippen LogP contribution in [0.15, 0.2) is 48.5 Å². The van der Waals surface area contributed by atoms with Crippen molar-refractivity contribution in [1.82, 2.24) is 0 Å². The molecule has 27 heavy (non-hydrogen) atoms. The predicted octanol–water partition coefficient (Wildman–Crippen LogP) is 5.78. The number of hydrogen-bond donors (Lipinski definition) is 1. The van der Waals surface area contributed by atoms with Crippen LogP contribution in [-0.2, 0) is 11.3 Å². The third-order valence-electron chi connectivity index (χ3n) is 5.05. The molecule has 0 aliphatic carbocycles. The molecule has 0 atom stereocenters. The van der Waals surface area contributed by atoms with Crippen LogP contribution in [0.5, 0.6) is 0 Å². The fraction of sp³-hybridized carbons (Fsp3) is 0.318. The fourth-order valence-corrected chi connectivity index (χ4v) is 3.85. The number of nitrogens with zero attached hydrogens (tertiary/aromatic N) is 1. The molecule has 0 saturated carbocycles. The standard InChI is InChI=1S/C22H24Cl2N2O/c1-26(13-3-2-4-14-26)16-18-5-9-19(10-6-18)25-22(27)12-8-17-7-11-20(23)21(24)15-17/h5-12,15H,2-4,13-14,16H2,1H3/p+1. The minimum atomic E-state index is -0.177. The molecule has 2 aromatic carbocycles. The van der Waals surface area contributed by atoms with Crippen LogP contribution in [0.4, 0.5) is 5.69 Å². The van der Waals surface area contributed by atoms with E-state index in [1.54, 1.807) is 18.2 Å². The maximum atomic E-state index is 12.1. The Morgan fingerprint density at radius 3 is 2.41 bits per heavy atom. The van der Waals surface area contributed by atoms with Crippen molar-refractivity contribution in [1.29, 1.82) is 0 Å². The molecule has 1 aliphatic heterocycles. The van der Waals surface area contributed by atoms with E-state index in [4.69, 9.17) is 23.2 Å². The van der Waals surface area contributed by atoms with Gasteiger partial charge < -0.3 is 9.80 Å². The van der Waals surface area contributed by atoms with Crippen molar-refractivity contribution in [2.24, 2.45) is 0 Å². The SMILES string of the molecule is C[N+]1(Cc2ccc(NC(=O)C=Cc3ccc(Cl)c(Cl)c3)cc2)CCCCC1. The lowest BCUT2D eigenvalue weighted by molar-refractivity contribution is -0.926. The van der Waals surface area contributed by atoms with Gasteiger partial charge in [0.1, 0.15) is 6.54 Å². The molecule has 1 saturated heterocycles. The molecule has 0 bridgehead atoms. The lowest BCUT2D eigenvalue weighted by Crippen LogP contribution is -2.46. The first kappa shape index (κ1) is 19.9. The Bertz CT molecular complexity index is 825. The number of likely N-dealkylation sites (tertiary alicyclic amines) is 1. The van der Waals surface area contributed by atoms with Gasteiger partial charge in [-0.3, -0.25) is 4.79 Å². The molecule has 0 unspecified atom stereocenters. The second-order valence-electron chi connectivity index (χ2n) is 7.48. The topological polar surface area (TPSA) is 29.1 Å². The first-order chi connectivity index (χ1) is 12.9. The van der Waals surface area contributed by atoms with Crippen LogP contribution in [0.25, 0.3) is 6.08 Å². The average molecular weight is 404 g/mol. The van der Waals surface area contributed by atoms with Crippen molar-refractivity contribution >= 4 is 40.9 Å². The van der Waals surface area contributed by atoms with Crippen LogP contribution >= 0.6 is 23.2 Å². The smallest absolute Gasteiger partial charge is 0.248 e. The van der Waals surface area contributed by atoms with Crippen molar-refractivity contribution < 1.29 is 9.28 Å². The molecule has 5 heteroatoms. The second-order valence-corrected chi connectivity index (χ2v) is 8.29. The number of anilines is 1. The fourth-order valence-electron chi connectivity index (χ4n) is 3.54. The molecule has 3 nitrogen and oxygen atoms in total. The highest BCUT2D eigenvalue weighted by molar-refractivity contribution is 6.42. The molecular formula is C22H25Cl2N2O+. The van der Waals surface area contributed by atoms with Gasteiger partial charge in [0.2, 0.25) is 5.91 Å². The van der Waals surface area contributed by atoms with Gasteiger partial charge >= 0.3 is 0 Å². The molecule has 142 valence electrons. The van der Waals surface area contributed by atoms with E-state index in [2.05, 4.69) is 24.5 Å². The number of carbonyl (C=O) groups excluding carboxylic acids is 1.